The first-order valence-electron chi connectivity index (χ1n) is 5.32. The van der Waals surface area contributed by atoms with E-state index in [-0.39, 0.29) is 0 Å². The predicted molar refractivity (Wildman–Crippen MR) is 65.9 cm³/mol. The zero-order chi connectivity index (χ0) is 11.2. The van der Waals surface area contributed by atoms with Crippen LogP contribution >= 0.6 is 0 Å². The highest BCUT2D eigenvalue weighted by Gasteiger charge is 1.98. The summed E-state index contributed by atoms with van der Waals surface area (Å²) in [6.45, 7) is 5.55. The Morgan fingerprint density at radius 2 is 1.94 bits per heavy atom. The van der Waals surface area contributed by atoms with Gasteiger partial charge in [-0.15, -0.1) is 0 Å². The summed E-state index contributed by atoms with van der Waals surface area (Å²) in [7, 11) is 0. The van der Waals surface area contributed by atoms with Crippen molar-refractivity contribution in [2.24, 2.45) is 0 Å². The zero-order valence-electron chi connectivity index (χ0n) is 9.15. The van der Waals surface area contributed by atoms with Crippen molar-refractivity contribution in [2.75, 3.05) is 6.54 Å². The third-order valence-electron chi connectivity index (χ3n) is 2.40. The van der Waals surface area contributed by atoms with Crippen molar-refractivity contribution < 1.29 is 4.42 Å². The molecule has 0 unspecified atom stereocenters. The van der Waals surface area contributed by atoms with Gasteiger partial charge in [-0.25, -0.2) is 0 Å². The lowest BCUT2D eigenvalue weighted by Gasteiger charge is -2.06. The van der Waals surface area contributed by atoms with Crippen LogP contribution in [0, 0.1) is 0 Å². The number of benzene rings is 1. The van der Waals surface area contributed by atoms with Gasteiger partial charge in [0.1, 0.15) is 5.76 Å². The van der Waals surface area contributed by atoms with Crippen molar-refractivity contribution in [1.82, 2.24) is 5.32 Å². The second-order valence-electron chi connectivity index (χ2n) is 3.65. The van der Waals surface area contributed by atoms with Gasteiger partial charge in [-0.3, -0.25) is 0 Å². The molecule has 0 aliphatic carbocycles. The highest BCUT2D eigenvalue weighted by atomic mass is 16.3. The smallest absolute Gasteiger partial charge is 0.117 e. The van der Waals surface area contributed by atoms with Crippen LogP contribution in [-0.4, -0.2) is 6.54 Å². The Kier molecular flexibility index (Phi) is 3.57. The minimum absolute atomic E-state index is 0.735. The fraction of sp³-hybridized carbons (Fsp3) is 0.143. The normalized spacial score (nSPS) is 10.2. The van der Waals surface area contributed by atoms with E-state index in [1.54, 1.807) is 6.26 Å². The van der Waals surface area contributed by atoms with Gasteiger partial charge in [-0.2, -0.15) is 0 Å². The van der Waals surface area contributed by atoms with E-state index in [4.69, 9.17) is 4.42 Å². The van der Waals surface area contributed by atoms with Crippen LogP contribution in [0.1, 0.15) is 11.3 Å². The molecule has 0 radical (unpaired) electrons. The van der Waals surface area contributed by atoms with Crippen molar-refractivity contribution in [3.8, 4) is 0 Å². The second-order valence-corrected chi connectivity index (χ2v) is 3.65. The van der Waals surface area contributed by atoms with Crippen molar-refractivity contribution in [2.45, 2.75) is 6.54 Å². The fourth-order valence-electron chi connectivity index (χ4n) is 1.53. The van der Waals surface area contributed by atoms with E-state index in [1.165, 1.54) is 5.56 Å². The lowest BCUT2D eigenvalue weighted by Crippen LogP contribution is -2.15. The molecule has 0 spiro atoms. The Hall–Kier alpha value is -1.80. The molecular weight excluding hydrogens is 198 g/mol. The molecule has 1 aromatic carbocycles. The summed E-state index contributed by atoms with van der Waals surface area (Å²) in [5.74, 6) is 0.945. The molecule has 0 atom stereocenters. The quantitative estimate of drug-likeness (QED) is 0.825. The van der Waals surface area contributed by atoms with Gasteiger partial charge >= 0.3 is 0 Å². The van der Waals surface area contributed by atoms with Crippen LogP contribution in [0.2, 0.25) is 0 Å². The van der Waals surface area contributed by atoms with E-state index in [9.17, 15) is 0 Å². The Labute approximate surface area is 95.6 Å². The first kappa shape index (κ1) is 10.7. The van der Waals surface area contributed by atoms with Crippen LogP contribution in [0.5, 0.6) is 0 Å². The molecule has 16 heavy (non-hydrogen) atoms. The summed E-state index contributed by atoms with van der Waals surface area (Å²) in [6.07, 6.45) is 1.68. The van der Waals surface area contributed by atoms with Gasteiger partial charge in [0.05, 0.1) is 12.8 Å². The topological polar surface area (TPSA) is 25.2 Å². The largest absolute Gasteiger partial charge is 0.468 e. The molecular formula is C14H15NO. The van der Waals surface area contributed by atoms with Crippen molar-refractivity contribution in [1.29, 1.82) is 0 Å². The van der Waals surface area contributed by atoms with E-state index in [2.05, 4.69) is 24.0 Å². The van der Waals surface area contributed by atoms with Gasteiger partial charge in [0.2, 0.25) is 0 Å². The van der Waals surface area contributed by atoms with Crippen LogP contribution in [0.25, 0.3) is 5.57 Å². The fourth-order valence-corrected chi connectivity index (χ4v) is 1.53. The summed E-state index contributed by atoms with van der Waals surface area (Å²) in [4.78, 5) is 0. The average molecular weight is 213 g/mol. The summed E-state index contributed by atoms with van der Waals surface area (Å²) in [6, 6.07) is 14.0. The average Bonchev–Trinajstić information content (AvgIpc) is 2.83. The Morgan fingerprint density at radius 3 is 2.62 bits per heavy atom. The molecule has 2 rings (SSSR count). The minimum Gasteiger partial charge on any atom is -0.468 e. The van der Waals surface area contributed by atoms with Gasteiger partial charge in [0, 0.05) is 6.54 Å². The van der Waals surface area contributed by atoms with E-state index < -0.39 is 0 Å². The van der Waals surface area contributed by atoms with Crippen LogP contribution in [0.15, 0.2) is 59.7 Å². The summed E-state index contributed by atoms with van der Waals surface area (Å²) < 4.78 is 5.23. The van der Waals surface area contributed by atoms with E-state index in [0.717, 1.165) is 24.4 Å². The van der Waals surface area contributed by atoms with Crippen LogP contribution in [0.3, 0.4) is 0 Å². The molecule has 1 N–H and O–H groups in total. The maximum Gasteiger partial charge on any atom is 0.117 e. The third kappa shape index (κ3) is 2.84. The number of rotatable bonds is 5. The first-order chi connectivity index (χ1) is 7.86. The number of furan rings is 1. The van der Waals surface area contributed by atoms with Crippen molar-refractivity contribution in [3.63, 3.8) is 0 Å². The van der Waals surface area contributed by atoms with Crippen molar-refractivity contribution >= 4 is 5.57 Å². The van der Waals surface area contributed by atoms with Gasteiger partial charge in [0.25, 0.3) is 0 Å². The lowest BCUT2D eigenvalue weighted by atomic mass is 10.1. The molecule has 82 valence electrons. The summed E-state index contributed by atoms with van der Waals surface area (Å²) in [5, 5.41) is 3.29. The maximum absolute atomic E-state index is 5.23. The highest BCUT2D eigenvalue weighted by molar-refractivity contribution is 5.64. The highest BCUT2D eigenvalue weighted by Crippen LogP contribution is 2.10. The Balaban J connectivity index is 1.81. The van der Waals surface area contributed by atoms with Gasteiger partial charge < -0.3 is 9.73 Å². The standard InChI is InChI=1S/C14H15NO/c1-12(13-6-3-2-4-7-13)10-15-11-14-8-5-9-16-14/h2-9,15H,1,10-11H2. The van der Waals surface area contributed by atoms with Gasteiger partial charge in [-0.05, 0) is 23.3 Å². The molecule has 1 aromatic heterocycles. The zero-order valence-corrected chi connectivity index (χ0v) is 9.15. The number of nitrogens with one attached hydrogen (secondary N) is 1. The molecule has 2 heteroatoms. The number of hydrogen-bond donors (Lipinski definition) is 1. The molecule has 2 aromatic rings. The summed E-state index contributed by atoms with van der Waals surface area (Å²) in [5.41, 5.74) is 2.27. The first-order valence-corrected chi connectivity index (χ1v) is 5.32. The monoisotopic (exact) mass is 213 g/mol. The molecule has 0 saturated heterocycles. The molecule has 0 aliphatic rings. The van der Waals surface area contributed by atoms with Crippen LogP contribution < -0.4 is 5.32 Å². The minimum atomic E-state index is 0.735. The second kappa shape index (κ2) is 5.33. The lowest BCUT2D eigenvalue weighted by molar-refractivity contribution is 0.491. The summed E-state index contributed by atoms with van der Waals surface area (Å²) >= 11 is 0. The van der Waals surface area contributed by atoms with E-state index in [0.29, 0.717) is 0 Å². The molecule has 0 saturated carbocycles. The molecule has 0 amide bonds. The molecule has 0 fully saturated rings. The van der Waals surface area contributed by atoms with E-state index >= 15 is 0 Å². The third-order valence-corrected chi connectivity index (χ3v) is 2.40. The Morgan fingerprint density at radius 1 is 1.12 bits per heavy atom. The maximum atomic E-state index is 5.23. The number of hydrogen-bond acceptors (Lipinski definition) is 2. The molecule has 0 aliphatic heterocycles. The van der Waals surface area contributed by atoms with Crippen LogP contribution in [-0.2, 0) is 6.54 Å². The molecule has 2 nitrogen and oxygen atoms in total. The van der Waals surface area contributed by atoms with Crippen molar-refractivity contribution in [3.05, 3.63) is 66.6 Å². The SMILES string of the molecule is C=C(CNCc1ccco1)c1ccccc1. The van der Waals surface area contributed by atoms with Crippen LogP contribution in [0.4, 0.5) is 0 Å². The van der Waals surface area contributed by atoms with E-state index in [1.807, 2.05) is 30.3 Å². The Bertz CT molecular complexity index is 431. The molecule has 1 heterocycles. The van der Waals surface area contributed by atoms with Gasteiger partial charge in [-0.1, -0.05) is 36.9 Å². The predicted octanol–water partition coefficient (Wildman–Crippen LogP) is 3.08. The molecule has 0 bridgehead atoms. The van der Waals surface area contributed by atoms with Gasteiger partial charge in [0.15, 0.2) is 0 Å².